The van der Waals surface area contributed by atoms with Gasteiger partial charge < -0.3 is 15.5 Å². The number of carbonyl (C=O) groups is 1. The van der Waals surface area contributed by atoms with Gasteiger partial charge in [0.1, 0.15) is 5.82 Å². The SMILES string of the molecule is Cc1cc(F)ccc1NC(=O)CN1C=CC=CC1C1=CCNCC1. The van der Waals surface area contributed by atoms with Crippen molar-refractivity contribution in [2.75, 3.05) is 25.0 Å². The maximum absolute atomic E-state index is 13.2. The lowest BCUT2D eigenvalue weighted by Gasteiger charge is -2.33. The van der Waals surface area contributed by atoms with Crippen molar-refractivity contribution in [3.8, 4) is 0 Å². The summed E-state index contributed by atoms with van der Waals surface area (Å²) in [5, 5.41) is 6.18. The number of carbonyl (C=O) groups excluding carboxylic acids is 1. The first-order valence-corrected chi connectivity index (χ1v) is 8.20. The van der Waals surface area contributed by atoms with Crippen LogP contribution in [0.1, 0.15) is 12.0 Å². The van der Waals surface area contributed by atoms with E-state index in [0.29, 0.717) is 5.69 Å². The molecule has 5 heteroatoms. The van der Waals surface area contributed by atoms with E-state index in [4.69, 9.17) is 0 Å². The Balaban J connectivity index is 1.67. The van der Waals surface area contributed by atoms with Gasteiger partial charge in [-0.3, -0.25) is 4.79 Å². The van der Waals surface area contributed by atoms with E-state index in [9.17, 15) is 9.18 Å². The van der Waals surface area contributed by atoms with Crippen molar-refractivity contribution in [2.24, 2.45) is 0 Å². The molecule has 0 spiro atoms. The van der Waals surface area contributed by atoms with Gasteiger partial charge in [-0.1, -0.05) is 18.2 Å². The molecule has 0 fully saturated rings. The Labute approximate surface area is 141 Å². The van der Waals surface area contributed by atoms with Crippen LogP contribution in [-0.2, 0) is 4.79 Å². The van der Waals surface area contributed by atoms with Gasteiger partial charge in [0.25, 0.3) is 0 Å². The third kappa shape index (κ3) is 3.92. The van der Waals surface area contributed by atoms with Crippen molar-refractivity contribution in [3.05, 3.63) is 65.7 Å². The molecule has 0 saturated heterocycles. The fraction of sp³-hybridized carbons (Fsp3) is 0.316. The second kappa shape index (κ2) is 7.45. The van der Waals surface area contributed by atoms with Gasteiger partial charge in [0.2, 0.25) is 5.91 Å². The summed E-state index contributed by atoms with van der Waals surface area (Å²) in [4.78, 5) is 14.4. The van der Waals surface area contributed by atoms with E-state index in [1.165, 1.54) is 17.7 Å². The molecular formula is C19H22FN3O. The predicted octanol–water partition coefficient (Wildman–Crippen LogP) is 2.75. The Morgan fingerprint density at radius 3 is 3.04 bits per heavy atom. The van der Waals surface area contributed by atoms with Crippen LogP contribution in [0.25, 0.3) is 0 Å². The minimum atomic E-state index is -0.299. The molecule has 1 atom stereocenters. The first-order valence-electron chi connectivity index (χ1n) is 8.20. The monoisotopic (exact) mass is 327 g/mol. The highest BCUT2D eigenvalue weighted by Crippen LogP contribution is 2.21. The minimum Gasteiger partial charge on any atom is -0.358 e. The number of amides is 1. The summed E-state index contributed by atoms with van der Waals surface area (Å²) in [6.07, 6.45) is 11.2. The van der Waals surface area contributed by atoms with E-state index >= 15 is 0 Å². The molecule has 1 aromatic carbocycles. The van der Waals surface area contributed by atoms with E-state index in [0.717, 1.165) is 25.1 Å². The Bertz CT molecular complexity index is 709. The molecule has 2 aliphatic rings. The molecule has 2 heterocycles. The minimum absolute atomic E-state index is 0.107. The molecule has 2 N–H and O–H groups in total. The number of hydrogen-bond donors (Lipinski definition) is 2. The van der Waals surface area contributed by atoms with Crippen LogP contribution in [0.5, 0.6) is 0 Å². The first kappa shape index (κ1) is 16.5. The molecule has 0 bridgehead atoms. The molecule has 0 aromatic heterocycles. The lowest BCUT2D eigenvalue weighted by atomic mass is 9.98. The molecule has 1 aromatic rings. The Morgan fingerprint density at radius 2 is 2.29 bits per heavy atom. The molecular weight excluding hydrogens is 305 g/mol. The van der Waals surface area contributed by atoms with Gasteiger partial charge in [-0.15, -0.1) is 0 Å². The molecule has 0 radical (unpaired) electrons. The molecule has 2 aliphatic heterocycles. The molecule has 126 valence electrons. The zero-order valence-electron chi connectivity index (χ0n) is 13.8. The van der Waals surface area contributed by atoms with E-state index < -0.39 is 0 Å². The second-order valence-electron chi connectivity index (χ2n) is 6.08. The zero-order chi connectivity index (χ0) is 16.9. The zero-order valence-corrected chi connectivity index (χ0v) is 13.8. The Hall–Kier alpha value is -2.40. The summed E-state index contributed by atoms with van der Waals surface area (Å²) >= 11 is 0. The average molecular weight is 327 g/mol. The number of aryl methyl sites for hydroxylation is 1. The number of anilines is 1. The summed E-state index contributed by atoms with van der Waals surface area (Å²) in [6.45, 7) is 3.88. The van der Waals surface area contributed by atoms with Crippen LogP contribution >= 0.6 is 0 Å². The highest BCUT2D eigenvalue weighted by Gasteiger charge is 2.22. The number of rotatable bonds is 4. The van der Waals surface area contributed by atoms with Gasteiger partial charge in [0, 0.05) is 18.4 Å². The largest absolute Gasteiger partial charge is 0.358 e. The maximum Gasteiger partial charge on any atom is 0.243 e. The second-order valence-corrected chi connectivity index (χ2v) is 6.08. The maximum atomic E-state index is 13.2. The topological polar surface area (TPSA) is 44.4 Å². The number of hydrogen-bond acceptors (Lipinski definition) is 3. The van der Waals surface area contributed by atoms with E-state index in [2.05, 4.69) is 22.8 Å². The van der Waals surface area contributed by atoms with Crippen LogP contribution in [-0.4, -0.2) is 36.5 Å². The molecule has 0 aliphatic carbocycles. The number of allylic oxidation sites excluding steroid dienone is 2. The van der Waals surface area contributed by atoms with Crippen LogP contribution < -0.4 is 10.6 Å². The summed E-state index contributed by atoms with van der Waals surface area (Å²) in [6, 6.07) is 4.50. The van der Waals surface area contributed by atoms with Gasteiger partial charge in [-0.25, -0.2) is 4.39 Å². The van der Waals surface area contributed by atoms with Gasteiger partial charge in [0.05, 0.1) is 12.6 Å². The number of halogens is 1. The van der Waals surface area contributed by atoms with Crippen molar-refractivity contribution in [1.82, 2.24) is 10.2 Å². The van der Waals surface area contributed by atoms with Gasteiger partial charge in [-0.05, 0) is 55.3 Å². The quantitative estimate of drug-likeness (QED) is 0.836. The number of nitrogens with one attached hydrogen (secondary N) is 2. The van der Waals surface area contributed by atoms with Crippen LogP contribution in [0.3, 0.4) is 0 Å². The van der Waals surface area contributed by atoms with E-state index in [1.807, 2.05) is 23.3 Å². The molecule has 24 heavy (non-hydrogen) atoms. The van der Waals surface area contributed by atoms with Crippen LogP contribution in [0.4, 0.5) is 10.1 Å². The average Bonchev–Trinajstić information content (AvgIpc) is 2.59. The molecule has 0 saturated carbocycles. The fourth-order valence-corrected chi connectivity index (χ4v) is 3.05. The van der Waals surface area contributed by atoms with Crippen LogP contribution in [0, 0.1) is 12.7 Å². The highest BCUT2D eigenvalue weighted by molar-refractivity contribution is 5.93. The van der Waals surface area contributed by atoms with Crippen LogP contribution in [0.15, 0.2) is 54.3 Å². The fourth-order valence-electron chi connectivity index (χ4n) is 3.05. The van der Waals surface area contributed by atoms with Crippen molar-refractivity contribution in [2.45, 2.75) is 19.4 Å². The smallest absolute Gasteiger partial charge is 0.243 e. The van der Waals surface area contributed by atoms with Gasteiger partial charge in [0.15, 0.2) is 0 Å². The molecule has 1 amide bonds. The summed E-state index contributed by atoms with van der Waals surface area (Å²) < 4.78 is 13.2. The highest BCUT2D eigenvalue weighted by atomic mass is 19.1. The summed E-state index contributed by atoms with van der Waals surface area (Å²) in [5.74, 6) is -0.406. The standard InChI is InChI=1S/C19H22FN3O/c1-14-12-16(20)5-6-17(14)22-19(24)13-23-11-3-2-4-18(23)15-7-9-21-10-8-15/h2-7,11-12,18,21H,8-10,13H2,1H3,(H,22,24). The first-order chi connectivity index (χ1) is 11.6. The molecule has 4 nitrogen and oxygen atoms in total. The summed E-state index contributed by atoms with van der Waals surface area (Å²) in [7, 11) is 0. The lowest BCUT2D eigenvalue weighted by Crippen LogP contribution is -2.40. The van der Waals surface area contributed by atoms with Gasteiger partial charge in [-0.2, -0.15) is 0 Å². The Morgan fingerprint density at radius 1 is 1.42 bits per heavy atom. The normalized spacial score (nSPS) is 20.0. The van der Waals surface area contributed by atoms with Crippen molar-refractivity contribution in [1.29, 1.82) is 0 Å². The van der Waals surface area contributed by atoms with Crippen molar-refractivity contribution >= 4 is 11.6 Å². The third-order valence-corrected chi connectivity index (χ3v) is 4.31. The predicted molar refractivity (Wildman–Crippen MR) is 94.1 cm³/mol. The van der Waals surface area contributed by atoms with Crippen LogP contribution in [0.2, 0.25) is 0 Å². The summed E-state index contributed by atoms with van der Waals surface area (Å²) in [5.41, 5.74) is 2.70. The third-order valence-electron chi connectivity index (χ3n) is 4.31. The number of benzene rings is 1. The lowest BCUT2D eigenvalue weighted by molar-refractivity contribution is -0.116. The molecule has 1 unspecified atom stereocenters. The number of nitrogens with zero attached hydrogens (tertiary/aromatic N) is 1. The van der Waals surface area contributed by atoms with Crippen molar-refractivity contribution in [3.63, 3.8) is 0 Å². The van der Waals surface area contributed by atoms with E-state index in [-0.39, 0.29) is 24.3 Å². The van der Waals surface area contributed by atoms with Crippen molar-refractivity contribution < 1.29 is 9.18 Å². The Kier molecular flexibility index (Phi) is 5.11. The molecule has 3 rings (SSSR count). The van der Waals surface area contributed by atoms with E-state index in [1.54, 1.807) is 13.0 Å². The van der Waals surface area contributed by atoms with Gasteiger partial charge >= 0.3 is 0 Å².